The molecule has 0 radical (unpaired) electrons. The first-order valence-electron chi connectivity index (χ1n) is 7.80. The topological polar surface area (TPSA) is 47.1 Å². The fourth-order valence-electron chi connectivity index (χ4n) is 3.42. The summed E-state index contributed by atoms with van der Waals surface area (Å²) >= 11 is 0. The third kappa shape index (κ3) is 3.23. The molecule has 0 spiro atoms. The summed E-state index contributed by atoms with van der Waals surface area (Å²) in [5, 5.41) is 4.68. The maximum absolute atomic E-state index is 6.00. The third-order valence-corrected chi connectivity index (χ3v) is 4.46. The minimum absolute atomic E-state index is 0.0935. The smallest absolute Gasteiger partial charge is 0.0722 e. The Bertz CT molecular complexity index is 444. The Hall–Kier alpha value is -0.870. The lowest BCUT2D eigenvalue weighted by Gasteiger charge is -2.39. The summed E-state index contributed by atoms with van der Waals surface area (Å²) in [4.78, 5) is 2.56. The van der Waals surface area contributed by atoms with Crippen molar-refractivity contribution in [1.29, 1.82) is 0 Å². The molecule has 1 aromatic rings. The van der Waals surface area contributed by atoms with Crippen molar-refractivity contribution >= 4 is 0 Å². The van der Waals surface area contributed by atoms with Crippen LogP contribution in [0.15, 0.2) is 6.20 Å². The molecule has 2 unspecified atom stereocenters. The average molecular weight is 278 g/mol. The first-order chi connectivity index (χ1) is 9.32. The van der Waals surface area contributed by atoms with Crippen molar-refractivity contribution in [2.24, 2.45) is 18.7 Å². The molecule has 0 bridgehead atoms. The molecule has 0 aromatic carbocycles. The second-order valence-electron chi connectivity index (χ2n) is 7.32. The highest BCUT2D eigenvalue weighted by Crippen LogP contribution is 2.28. The SMILES string of the molecule is CC1CCCN(Cc2cn(C)nc2C(C)(C)C)C1CN. The summed E-state index contributed by atoms with van der Waals surface area (Å²) in [5.74, 6) is 0.698. The molecule has 1 aliphatic rings. The van der Waals surface area contributed by atoms with Crippen LogP contribution in [0.1, 0.15) is 51.8 Å². The molecule has 1 saturated heterocycles. The van der Waals surface area contributed by atoms with Crippen LogP contribution in [0, 0.1) is 5.92 Å². The summed E-state index contributed by atoms with van der Waals surface area (Å²) < 4.78 is 1.95. The first-order valence-corrected chi connectivity index (χ1v) is 7.80. The van der Waals surface area contributed by atoms with Crippen molar-refractivity contribution in [3.8, 4) is 0 Å². The molecule has 20 heavy (non-hydrogen) atoms. The summed E-state index contributed by atoms with van der Waals surface area (Å²) in [5.41, 5.74) is 8.67. The van der Waals surface area contributed by atoms with E-state index in [9.17, 15) is 0 Å². The predicted octanol–water partition coefficient (Wildman–Crippen LogP) is 2.28. The molecule has 0 aliphatic carbocycles. The Kier molecular flexibility index (Phi) is 4.55. The van der Waals surface area contributed by atoms with Crippen LogP contribution in [0.3, 0.4) is 0 Å². The van der Waals surface area contributed by atoms with Crippen molar-refractivity contribution in [1.82, 2.24) is 14.7 Å². The van der Waals surface area contributed by atoms with Gasteiger partial charge in [0.25, 0.3) is 0 Å². The fourth-order valence-corrected chi connectivity index (χ4v) is 3.42. The highest BCUT2D eigenvalue weighted by molar-refractivity contribution is 5.24. The summed E-state index contributed by atoms with van der Waals surface area (Å²) in [6.07, 6.45) is 4.76. The minimum Gasteiger partial charge on any atom is -0.329 e. The molecule has 2 atom stereocenters. The Morgan fingerprint density at radius 3 is 2.70 bits per heavy atom. The monoisotopic (exact) mass is 278 g/mol. The van der Waals surface area contributed by atoms with E-state index < -0.39 is 0 Å². The Morgan fingerprint density at radius 2 is 2.10 bits per heavy atom. The van der Waals surface area contributed by atoms with Crippen molar-refractivity contribution < 1.29 is 0 Å². The Balaban J connectivity index is 2.21. The molecule has 2 rings (SSSR count). The zero-order valence-electron chi connectivity index (χ0n) is 13.7. The molecule has 0 amide bonds. The van der Waals surface area contributed by atoms with E-state index in [1.165, 1.54) is 24.1 Å². The van der Waals surface area contributed by atoms with Gasteiger partial charge in [0.2, 0.25) is 0 Å². The maximum atomic E-state index is 6.00. The Morgan fingerprint density at radius 1 is 1.40 bits per heavy atom. The number of piperidine rings is 1. The van der Waals surface area contributed by atoms with Crippen molar-refractivity contribution in [2.45, 2.75) is 58.5 Å². The van der Waals surface area contributed by atoms with Gasteiger partial charge in [-0.05, 0) is 25.3 Å². The number of likely N-dealkylation sites (tertiary alicyclic amines) is 1. The molecule has 2 N–H and O–H groups in total. The van der Waals surface area contributed by atoms with E-state index in [1.54, 1.807) is 0 Å². The molecule has 1 aromatic heterocycles. The van der Waals surface area contributed by atoms with Gasteiger partial charge in [-0.1, -0.05) is 27.7 Å². The summed E-state index contributed by atoms with van der Waals surface area (Å²) in [6, 6.07) is 0.511. The van der Waals surface area contributed by atoms with E-state index in [4.69, 9.17) is 5.73 Å². The number of rotatable bonds is 3. The predicted molar refractivity (Wildman–Crippen MR) is 83.6 cm³/mol. The lowest BCUT2D eigenvalue weighted by Crippen LogP contribution is -2.48. The van der Waals surface area contributed by atoms with E-state index in [0.29, 0.717) is 12.0 Å². The number of nitrogens with zero attached hydrogens (tertiary/aromatic N) is 3. The number of hydrogen-bond donors (Lipinski definition) is 1. The van der Waals surface area contributed by atoms with Crippen LogP contribution < -0.4 is 5.73 Å². The average Bonchev–Trinajstić information content (AvgIpc) is 2.70. The third-order valence-electron chi connectivity index (χ3n) is 4.46. The molecular formula is C16H30N4. The van der Waals surface area contributed by atoms with Gasteiger partial charge in [0.1, 0.15) is 0 Å². The highest BCUT2D eigenvalue weighted by Gasteiger charge is 2.29. The van der Waals surface area contributed by atoms with Crippen LogP contribution in [-0.2, 0) is 19.0 Å². The van der Waals surface area contributed by atoms with Gasteiger partial charge in [-0.2, -0.15) is 5.10 Å². The molecule has 4 heteroatoms. The standard InChI is InChI=1S/C16H30N4/c1-12-7-6-8-20(14(12)9-17)11-13-10-19(5)18-15(13)16(2,3)4/h10,12,14H,6-9,11,17H2,1-5H3. The van der Waals surface area contributed by atoms with Crippen LogP contribution in [0.5, 0.6) is 0 Å². The van der Waals surface area contributed by atoms with Crippen LogP contribution in [0.2, 0.25) is 0 Å². The molecular weight excluding hydrogens is 248 g/mol. The lowest BCUT2D eigenvalue weighted by atomic mass is 9.87. The van der Waals surface area contributed by atoms with E-state index >= 15 is 0 Å². The van der Waals surface area contributed by atoms with Crippen molar-refractivity contribution in [3.63, 3.8) is 0 Å². The number of aryl methyl sites for hydroxylation is 1. The Labute approximate surface area is 123 Å². The van der Waals surface area contributed by atoms with Gasteiger partial charge in [0.05, 0.1) is 5.69 Å². The van der Waals surface area contributed by atoms with Gasteiger partial charge >= 0.3 is 0 Å². The molecule has 2 heterocycles. The van der Waals surface area contributed by atoms with E-state index in [2.05, 4.69) is 43.9 Å². The number of aromatic nitrogens is 2. The van der Waals surface area contributed by atoms with Crippen LogP contribution in [-0.4, -0.2) is 33.8 Å². The van der Waals surface area contributed by atoms with Gasteiger partial charge in [0.15, 0.2) is 0 Å². The van der Waals surface area contributed by atoms with Gasteiger partial charge in [0, 0.05) is 43.4 Å². The quantitative estimate of drug-likeness (QED) is 0.922. The largest absolute Gasteiger partial charge is 0.329 e. The number of hydrogen-bond acceptors (Lipinski definition) is 3. The number of nitrogens with two attached hydrogens (primary N) is 1. The molecule has 4 nitrogen and oxygen atoms in total. The van der Waals surface area contributed by atoms with E-state index in [1.807, 2.05) is 11.7 Å². The van der Waals surface area contributed by atoms with Gasteiger partial charge in [-0.15, -0.1) is 0 Å². The minimum atomic E-state index is 0.0935. The fraction of sp³-hybridized carbons (Fsp3) is 0.812. The second kappa shape index (κ2) is 5.86. The summed E-state index contributed by atoms with van der Waals surface area (Å²) in [6.45, 7) is 11.9. The van der Waals surface area contributed by atoms with Crippen molar-refractivity contribution in [3.05, 3.63) is 17.5 Å². The van der Waals surface area contributed by atoms with Crippen LogP contribution in [0.25, 0.3) is 0 Å². The molecule has 1 aliphatic heterocycles. The van der Waals surface area contributed by atoms with E-state index in [0.717, 1.165) is 19.6 Å². The van der Waals surface area contributed by atoms with E-state index in [-0.39, 0.29) is 5.41 Å². The van der Waals surface area contributed by atoms with Gasteiger partial charge in [-0.25, -0.2) is 0 Å². The van der Waals surface area contributed by atoms with Crippen molar-refractivity contribution in [2.75, 3.05) is 13.1 Å². The zero-order valence-corrected chi connectivity index (χ0v) is 13.7. The van der Waals surface area contributed by atoms with Crippen LogP contribution in [0.4, 0.5) is 0 Å². The van der Waals surface area contributed by atoms with Gasteiger partial charge in [-0.3, -0.25) is 9.58 Å². The van der Waals surface area contributed by atoms with Gasteiger partial charge < -0.3 is 5.73 Å². The first kappa shape index (κ1) is 15.5. The van der Waals surface area contributed by atoms with Crippen LogP contribution >= 0.6 is 0 Å². The molecule has 1 fully saturated rings. The second-order valence-corrected chi connectivity index (χ2v) is 7.32. The summed E-state index contributed by atoms with van der Waals surface area (Å²) in [7, 11) is 2.01. The zero-order chi connectivity index (χ0) is 14.9. The maximum Gasteiger partial charge on any atom is 0.0722 e. The molecule has 114 valence electrons. The molecule has 0 saturated carbocycles. The highest BCUT2D eigenvalue weighted by atomic mass is 15.3. The lowest BCUT2D eigenvalue weighted by molar-refractivity contribution is 0.0985. The normalized spacial score (nSPS) is 25.1.